The summed E-state index contributed by atoms with van der Waals surface area (Å²) in [5, 5.41) is 5.02. The van der Waals surface area contributed by atoms with Crippen LogP contribution >= 0.6 is 0 Å². The van der Waals surface area contributed by atoms with Crippen LogP contribution in [0, 0.1) is 34.6 Å². The fraction of sp³-hybridized carbons (Fsp3) is 0.171. The highest BCUT2D eigenvalue weighted by Gasteiger charge is 2.34. The molecule has 1 aliphatic rings. The summed E-state index contributed by atoms with van der Waals surface area (Å²) in [4.78, 5) is 11.1. The molecule has 0 bridgehead atoms. The Morgan fingerprint density at radius 3 is 1.49 bits per heavy atom. The molecule has 0 spiro atoms. The van der Waals surface area contributed by atoms with E-state index in [0.29, 0.717) is 0 Å². The Labute approximate surface area is 254 Å². The van der Waals surface area contributed by atoms with E-state index in [1.807, 2.05) is 0 Å². The zero-order valence-corrected chi connectivity index (χ0v) is 25.6. The van der Waals surface area contributed by atoms with Crippen LogP contribution in [0.25, 0.3) is 21.5 Å². The van der Waals surface area contributed by atoms with Crippen molar-refractivity contribution in [1.82, 2.24) is 0 Å². The summed E-state index contributed by atoms with van der Waals surface area (Å²) in [6, 6.07) is 39.7. The summed E-state index contributed by atoms with van der Waals surface area (Å²) >= 11 is 0. The lowest BCUT2D eigenvalue weighted by Gasteiger charge is -2.31. The van der Waals surface area contributed by atoms with Crippen LogP contribution in [-0.4, -0.2) is 11.4 Å². The summed E-state index contributed by atoms with van der Waals surface area (Å²) in [5.74, 6) is -0.0555. The molecule has 1 unspecified atom stereocenters. The van der Waals surface area contributed by atoms with E-state index in [0.717, 1.165) is 29.2 Å². The largest absolute Gasteiger partial charge is 0.251 e. The molecule has 1 atom stereocenters. The second-order valence-electron chi connectivity index (χ2n) is 12.1. The number of fused-ring (bicyclic) bond motifs is 3. The molecule has 2 heteroatoms. The third kappa shape index (κ3) is 4.87. The number of para-hydroxylation sites is 2. The monoisotopic (exact) mass is 556 g/mol. The molecule has 0 aliphatic heterocycles. The number of rotatable bonds is 3. The summed E-state index contributed by atoms with van der Waals surface area (Å²) in [5.41, 5.74) is 14.1. The number of aliphatic imine (C=N–C) groups is 2. The van der Waals surface area contributed by atoms with Gasteiger partial charge < -0.3 is 0 Å². The van der Waals surface area contributed by atoms with E-state index in [4.69, 9.17) is 9.98 Å². The third-order valence-corrected chi connectivity index (χ3v) is 9.05. The standard InChI is InChI=1S/C41H36N2/c1-25-12-10-13-26(2)39(25)42-37-24-34-21-31-17-7-9-19-33(31)23-36(34)38(41(37)43-40-27(3)14-11-15-28(40)4)35-22-32-18-8-6-16-30(32)20-29(35)5/h6-23,38H,24H2,1-5H3/b42-37+,43-41-. The van der Waals surface area contributed by atoms with Gasteiger partial charge in [0.25, 0.3) is 0 Å². The molecular formula is C41H36N2. The molecule has 2 nitrogen and oxygen atoms in total. The van der Waals surface area contributed by atoms with Crippen LogP contribution in [0.3, 0.4) is 0 Å². The first kappa shape index (κ1) is 27.0. The average Bonchev–Trinajstić information content (AvgIpc) is 2.99. The van der Waals surface area contributed by atoms with Gasteiger partial charge >= 0.3 is 0 Å². The Morgan fingerprint density at radius 1 is 0.465 bits per heavy atom. The van der Waals surface area contributed by atoms with Gasteiger partial charge in [0.15, 0.2) is 0 Å². The van der Waals surface area contributed by atoms with Gasteiger partial charge in [-0.1, -0.05) is 97.1 Å². The summed E-state index contributed by atoms with van der Waals surface area (Å²) in [7, 11) is 0. The van der Waals surface area contributed by atoms with Gasteiger partial charge in [-0.2, -0.15) is 0 Å². The van der Waals surface area contributed by atoms with E-state index < -0.39 is 0 Å². The third-order valence-electron chi connectivity index (χ3n) is 9.05. The molecular weight excluding hydrogens is 520 g/mol. The zero-order valence-electron chi connectivity index (χ0n) is 25.6. The molecule has 7 rings (SSSR count). The minimum Gasteiger partial charge on any atom is -0.251 e. The van der Waals surface area contributed by atoms with E-state index >= 15 is 0 Å². The highest BCUT2D eigenvalue weighted by molar-refractivity contribution is 6.47. The van der Waals surface area contributed by atoms with Crippen LogP contribution < -0.4 is 0 Å². The van der Waals surface area contributed by atoms with Gasteiger partial charge in [-0.15, -0.1) is 0 Å². The van der Waals surface area contributed by atoms with Gasteiger partial charge in [0.05, 0.1) is 28.7 Å². The smallest absolute Gasteiger partial charge is 0.0748 e. The average molecular weight is 557 g/mol. The van der Waals surface area contributed by atoms with Crippen molar-refractivity contribution in [3.63, 3.8) is 0 Å². The maximum Gasteiger partial charge on any atom is 0.0748 e. The van der Waals surface area contributed by atoms with E-state index in [-0.39, 0.29) is 5.92 Å². The Morgan fingerprint density at radius 2 is 0.930 bits per heavy atom. The van der Waals surface area contributed by atoms with E-state index in [9.17, 15) is 0 Å². The molecule has 210 valence electrons. The Kier molecular flexibility index (Phi) is 6.78. The van der Waals surface area contributed by atoms with Crippen LogP contribution in [0.1, 0.15) is 50.4 Å². The minimum absolute atomic E-state index is 0.0555. The van der Waals surface area contributed by atoms with Gasteiger partial charge in [0.1, 0.15) is 0 Å². The molecule has 0 aromatic heterocycles. The van der Waals surface area contributed by atoms with Crippen molar-refractivity contribution in [2.45, 2.75) is 47.0 Å². The number of nitrogens with zero attached hydrogens (tertiary/aromatic N) is 2. The molecule has 43 heavy (non-hydrogen) atoms. The van der Waals surface area contributed by atoms with Crippen molar-refractivity contribution in [3.05, 3.63) is 154 Å². The zero-order chi connectivity index (χ0) is 29.7. The minimum atomic E-state index is -0.0555. The van der Waals surface area contributed by atoms with Crippen LogP contribution in [0.4, 0.5) is 11.4 Å². The van der Waals surface area contributed by atoms with Crippen molar-refractivity contribution in [3.8, 4) is 0 Å². The fourth-order valence-electron chi connectivity index (χ4n) is 6.75. The van der Waals surface area contributed by atoms with E-state index in [1.165, 1.54) is 66.1 Å². The molecule has 0 N–H and O–H groups in total. The number of hydrogen-bond donors (Lipinski definition) is 0. The number of benzene rings is 6. The molecule has 0 amide bonds. The second kappa shape index (κ2) is 10.8. The van der Waals surface area contributed by atoms with Gasteiger partial charge in [0.2, 0.25) is 0 Å². The number of hydrogen-bond acceptors (Lipinski definition) is 2. The first-order valence-electron chi connectivity index (χ1n) is 15.2. The van der Waals surface area contributed by atoms with Crippen molar-refractivity contribution in [2.75, 3.05) is 0 Å². The van der Waals surface area contributed by atoms with Crippen molar-refractivity contribution < 1.29 is 0 Å². The van der Waals surface area contributed by atoms with Crippen molar-refractivity contribution >= 4 is 44.3 Å². The van der Waals surface area contributed by atoms with Crippen molar-refractivity contribution in [2.24, 2.45) is 9.98 Å². The topological polar surface area (TPSA) is 24.7 Å². The van der Waals surface area contributed by atoms with Crippen LogP contribution in [0.5, 0.6) is 0 Å². The first-order valence-corrected chi connectivity index (χ1v) is 15.2. The second-order valence-corrected chi connectivity index (χ2v) is 12.1. The maximum atomic E-state index is 5.60. The van der Waals surface area contributed by atoms with Gasteiger partial charge in [-0.3, -0.25) is 4.99 Å². The molecule has 0 fully saturated rings. The Hall–Kier alpha value is -4.82. The van der Waals surface area contributed by atoms with Crippen LogP contribution in [-0.2, 0) is 6.42 Å². The maximum absolute atomic E-state index is 5.60. The van der Waals surface area contributed by atoms with Crippen LogP contribution in [0.15, 0.2) is 119 Å². The highest BCUT2D eigenvalue weighted by Crippen LogP contribution is 2.41. The molecule has 1 aliphatic carbocycles. The highest BCUT2D eigenvalue weighted by atomic mass is 14.8. The van der Waals surface area contributed by atoms with Gasteiger partial charge in [-0.05, 0) is 113 Å². The fourth-order valence-corrected chi connectivity index (χ4v) is 6.75. The Bertz CT molecular complexity index is 2070. The van der Waals surface area contributed by atoms with E-state index in [2.05, 4.69) is 144 Å². The molecule has 6 aromatic rings. The van der Waals surface area contributed by atoms with Crippen molar-refractivity contribution in [1.29, 1.82) is 0 Å². The predicted octanol–water partition coefficient (Wildman–Crippen LogP) is 10.8. The number of aryl methyl sites for hydroxylation is 5. The van der Waals surface area contributed by atoms with Crippen LogP contribution in [0.2, 0.25) is 0 Å². The molecule has 0 saturated heterocycles. The molecule has 0 saturated carbocycles. The molecule has 0 radical (unpaired) electrons. The lowest BCUT2D eigenvalue weighted by molar-refractivity contribution is 1.01. The molecule has 0 heterocycles. The SMILES string of the molecule is Cc1cc2ccccc2cc1C1C(=N\c2c(C)cccc2C)/C(=N/c2c(C)cccc2C)Cc2cc3ccccc3cc21. The normalized spacial score (nSPS) is 16.7. The summed E-state index contributed by atoms with van der Waals surface area (Å²) < 4.78 is 0. The summed E-state index contributed by atoms with van der Waals surface area (Å²) in [6.07, 6.45) is 0.737. The lowest BCUT2D eigenvalue weighted by atomic mass is 9.74. The quantitative estimate of drug-likeness (QED) is 0.207. The predicted molar refractivity (Wildman–Crippen MR) is 184 cm³/mol. The van der Waals surface area contributed by atoms with Gasteiger partial charge in [0, 0.05) is 6.42 Å². The van der Waals surface area contributed by atoms with E-state index in [1.54, 1.807) is 0 Å². The lowest BCUT2D eigenvalue weighted by Crippen LogP contribution is -2.32. The van der Waals surface area contributed by atoms with Gasteiger partial charge in [-0.25, -0.2) is 4.99 Å². The first-order chi connectivity index (χ1) is 20.9. The Balaban J connectivity index is 1.59. The molecule has 6 aromatic carbocycles. The summed E-state index contributed by atoms with van der Waals surface area (Å²) in [6.45, 7) is 10.9.